The van der Waals surface area contributed by atoms with Gasteiger partial charge in [0.05, 0.1) is 33.0 Å². The molecule has 7 aromatic carbocycles. The van der Waals surface area contributed by atoms with Crippen molar-refractivity contribution in [1.29, 1.82) is 0 Å². The zero-order valence-corrected chi connectivity index (χ0v) is 36.8. The van der Waals surface area contributed by atoms with Crippen LogP contribution in [0.2, 0.25) is 0 Å². The van der Waals surface area contributed by atoms with E-state index in [1.807, 2.05) is 48.5 Å². The van der Waals surface area contributed by atoms with Gasteiger partial charge in [-0.3, -0.25) is 0 Å². The van der Waals surface area contributed by atoms with Gasteiger partial charge in [-0.05, 0) is 58.7 Å². The van der Waals surface area contributed by atoms with Crippen molar-refractivity contribution >= 4 is 23.2 Å². The lowest BCUT2D eigenvalue weighted by molar-refractivity contribution is -0.268. The highest BCUT2D eigenvalue weighted by Crippen LogP contribution is 2.57. The first kappa shape index (κ1) is 43.6. The van der Waals surface area contributed by atoms with Crippen LogP contribution in [-0.4, -0.2) is 43.3 Å². The summed E-state index contributed by atoms with van der Waals surface area (Å²) in [6.45, 7) is 1.94. The highest BCUT2D eigenvalue weighted by molar-refractivity contribution is 7.95. The van der Waals surface area contributed by atoms with E-state index in [-0.39, 0.29) is 24.0 Å². The van der Waals surface area contributed by atoms with Crippen LogP contribution in [0.5, 0.6) is 0 Å². The molecule has 306 valence electrons. The molecule has 0 radical (unpaired) electrons. The Balaban J connectivity index is 0.00000544. The molecule has 5 atom stereocenters. The zero-order valence-electron chi connectivity index (χ0n) is 33.7. The highest BCUT2D eigenvalue weighted by Gasteiger charge is 2.55. The molecule has 1 fully saturated rings. The van der Waals surface area contributed by atoms with E-state index >= 15 is 0 Å². The molecule has 0 aromatic heterocycles. The molecule has 0 aliphatic carbocycles. The number of rotatable bonds is 18. The van der Waals surface area contributed by atoms with Crippen LogP contribution in [0.25, 0.3) is 0 Å². The Morgan fingerprint density at radius 1 is 0.350 bits per heavy atom. The van der Waals surface area contributed by atoms with E-state index in [0.29, 0.717) is 39.2 Å². The second-order valence-corrected chi connectivity index (χ2v) is 18.5. The molecule has 0 unspecified atom stereocenters. The Labute approximate surface area is 373 Å². The molecule has 7 heteroatoms. The Bertz CT molecular complexity index is 2140. The largest absolute Gasteiger partial charge is 1.00 e. The smallest absolute Gasteiger partial charge is 0.121 e. The van der Waals surface area contributed by atoms with Crippen molar-refractivity contribution in [3.8, 4) is 0 Å². The number of hydrogen-bond acceptors (Lipinski definition) is 5. The molecule has 0 saturated carbocycles. The fourth-order valence-electron chi connectivity index (χ4n) is 8.11. The second-order valence-electron chi connectivity index (χ2n) is 15.0. The summed E-state index contributed by atoms with van der Waals surface area (Å²) in [5.41, 5.74) is 4.34. The summed E-state index contributed by atoms with van der Waals surface area (Å²) < 4.78 is 35.4. The summed E-state index contributed by atoms with van der Waals surface area (Å²) in [5.74, 6) is 0. The zero-order chi connectivity index (χ0) is 40.0. The summed E-state index contributed by atoms with van der Waals surface area (Å²) >= 11 is 0. The van der Waals surface area contributed by atoms with Crippen LogP contribution in [-0.2, 0) is 50.1 Å². The van der Waals surface area contributed by atoms with Gasteiger partial charge in [0.1, 0.15) is 59.9 Å². The first-order valence-electron chi connectivity index (χ1n) is 20.5. The minimum absolute atomic E-state index is 0. The van der Waals surface area contributed by atoms with Gasteiger partial charge in [-0.25, -0.2) is 0 Å². The third kappa shape index (κ3) is 11.1. The second kappa shape index (κ2) is 22.4. The molecule has 1 aliphatic rings. The number of halogens is 1. The van der Waals surface area contributed by atoms with Gasteiger partial charge < -0.3 is 47.7 Å². The summed E-state index contributed by atoms with van der Waals surface area (Å²) in [6.07, 6.45) is -1.71. The first-order chi connectivity index (χ1) is 29.3. The highest BCUT2D eigenvalue weighted by atomic mass is 127. The molecule has 5 nitrogen and oxygen atoms in total. The average Bonchev–Trinajstić information content (AvgIpc) is 3.31. The maximum Gasteiger partial charge on any atom is 0.121 e. The van der Waals surface area contributed by atoms with Crippen LogP contribution < -0.4 is 39.9 Å². The number of benzene rings is 7. The van der Waals surface area contributed by atoms with Gasteiger partial charge in [-0.1, -0.05) is 176 Å². The van der Waals surface area contributed by atoms with E-state index in [1.54, 1.807) is 0 Å². The fourth-order valence-corrected chi connectivity index (χ4v) is 12.5. The maximum absolute atomic E-state index is 7.50. The predicted molar refractivity (Wildman–Crippen MR) is 240 cm³/mol. The van der Waals surface area contributed by atoms with Crippen molar-refractivity contribution in [2.24, 2.45) is 0 Å². The van der Waals surface area contributed by atoms with E-state index in [2.05, 4.69) is 164 Å². The van der Waals surface area contributed by atoms with Gasteiger partial charge in [0.25, 0.3) is 0 Å². The maximum atomic E-state index is 7.50. The number of hydrogen-bond donors (Lipinski definition) is 0. The van der Waals surface area contributed by atoms with Crippen molar-refractivity contribution in [3.05, 3.63) is 235 Å². The predicted octanol–water partition coefficient (Wildman–Crippen LogP) is 6.72. The van der Waals surface area contributed by atoms with Crippen LogP contribution in [0.4, 0.5) is 0 Å². The topological polar surface area (TPSA) is 46.2 Å². The van der Waals surface area contributed by atoms with E-state index in [1.165, 1.54) is 15.9 Å². The van der Waals surface area contributed by atoms with Crippen LogP contribution in [0.1, 0.15) is 22.3 Å². The number of ether oxygens (including phenoxy) is 5. The average molecular weight is 927 g/mol. The third-order valence-electron chi connectivity index (χ3n) is 11.0. The lowest BCUT2D eigenvalue weighted by atomic mass is 9.94. The van der Waals surface area contributed by atoms with E-state index in [9.17, 15) is 0 Å². The molecule has 0 bridgehead atoms. The first-order valence-corrected chi connectivity index (χ1v) is 22.5. The Morgan fingerprint density at radius 2 is 0.650 bits per heavy atom. The molecule has 1 saturated heterocycles. The summed E-state index contributed by atoms with van der Waals surface area (Å²) in [6, 6.07) is 74.2. The van der Waals surface area contributed by atoms with Gasteiger partial charge in [0.2, 0.25) is 0 Å². The van der Waals surface area contributed by atoms with E-state index in [0.717, 1.165) is 22.3 Å². The molecule has 7 aromatic rings. The van der Waals surface area contributed by atoms with Gasteiger partial charge in [0, 0.05) is 0 Å². The molecule has 8 rings (SSSR count). The van der Waals surface area contributed by atoms with Crippen LogP contribution in [0.3, 0.4) is 0 Å². The molecule has 1 heterocycles. The van der Waals surface area contributed by atoms with E-state index in [4.69, 9.17) is 23.7 Å². The van der Waals surface area contributed by atoms with Crippen LogP contribution in [0, 0.1) is 0 Å². The third-order valence-corrected chi connectivity index (χ3v) is 15.5. The molecule has 0 amide bonds. The van der Waals surface area contributed by atoms with Gasteiger partial charge in [0.15, 0.2) is 0 Å². The van der Waals surface area contributed by atoms with Crippen molar-refractivity contribution in [1.82, 2.24) is 0 Å². The van der Waals surface area contributed by atoms with Crippen molar-refractivity contribution in [2.45, 2.75) is 56.9 Å². The molecule has 0 spiro atoms. The minimum Gasteiger partial charge on any atom is -1.00 e. The van der Waals surface area contributed by atoms with Crippen molar-refractivity contribution in [2.75, 3.05) is 12.8 Å². The lowest BCUT2D eigenvalue weighted by Crippen LogP contribution is -3.00. The Morgan fingerprint density at radius 3 is 1.02 bits per heavy atom. The monoisotopic (exact) mass is 926 g/mol. The van der Waals surface area contributed by atoms with Crippen LogP contribution >= 0.6 is 7.26 Å². The van der Waals surface area contributed by atoms with E-state index < -0.39 is 37.8 Å². The normalized spacial score (nSPS) is 19.0. The summed E-state index contributed by atoms with van der Waals surface area (Å²) in [5, 5.41) is 3.84. The molecular weight excluding hydrogens is 874 g/mol. The molecule has 1 aliphatic heterocycles. The Hall–Kier alpha value is -4.50. The summed E-state index contributed by atoms with van der Waals surface area (Å²) in [7, 11) is -2.38. The standard InChI is InChI=1S/C53H52O5P.HI/c1-8-22-42(23-9-1)36-54-40-49-51(55-37-43-24-10-2-11-25-43)53(57-39-45-28-14-4-15-29-45)52(56-38-44-26-12-3-13-27-44)50(58-49)41-59(46-30-16-5-17-31-46,47-32-18-6-19-33-47)48-34-20-7-21-35-48;/h1-35,49-53H,36-41H2;1H/q+1;/p-1/t49-,50+,51-,52+,53+;/m1./s1. The SMILES string of the molecule is [I-].c1ccc(COC[C@H]2O[C@@H](C[P+](c3ccccc3)(c3ccccc3)c3ccccc3)[C@H](OCc3ccccc3)[C@@H](OCc3ccccc3)[C@@H]2OCc2ccccc2)cc1. The van der Waals surface area contributed by atoms with Gasteiger partial charge in [-0.15, -0.1) is 0 Å². The lowest BCUT2D eigenvalue weighted by Gasteiger charge is -2.47. The fraction of sp³-hybridized carbons (Fsp3) is 0.208. The van der Waals surface area contributed by atoms with Crippen molar-refractivity contribution < 1.29 is 47.7 Å². The Kier molecular flexibility index (Phi) is 16.3. The molecular formula is C53H52IO5P. The van der Waals surface area contributed by atoms with Gasteiger partial charge in [-0.2, -0.15) is 0 Å². The van der Waals surface area contributed by atoms with Gasteiger partial charge >= 0.3 is 0 Å². The quantitative estimate of drug-likeness (QED) is 0.0707. The summed E-state index contributed by atoms with van der Waals surface area (Å²) in [4.78, 5) is 0. The minimum atomic E-state index is -2.38. The molecule has 0 N–H and O–H groups in total. The van der Waals surface area contributed by atoms with Crippen LogP contribution in [0.15, 0.2) is 212 Å². The molecule has 60 heavy (non-hydrogen) atoms. The van der Waals surface area contributed by atoms with Crippen molar-refractivity contribution in [3.63, 3.8) is 0 Å².